The summed E-state index contributed by atoms with van der Waals surface area (Å²) in [6.07, 6.45) is 4.26. The number of halogens is 3. The summed E-state index contributed by atoms with van der Waals surface area (Å²) in [6, 6.07) is 8.37. The van der Waals surface area contributed by atoms with Gasteiger partial charge in [0.25, 0.3) is 5.91 Å². The minimum Gasteiger partial charge on any atom is -0.354 e. The molecule has 0 radical (unpaired) electrons. The fourth-order valence-electron chi connectivity index (χ4n) is 4.08. The second-order valence-corrected chi connectivity index (χ2v) is 8.96. The van der Waals surface area contributed by atoms with E-state index in [1.165, 1.54) is 30.2 Å². The van der Waals surface area contributed by atoms with Gasteiger partial charge in [-0.2, -0.15) is 13.2 Å². The van der Waals surface area contributed by atoms with Crippen molar-refractivity contribution < 1.29 is 22.8 Å². The molecule has 0 saturated heterocycles. The third-order valence-electron chi connectivity index (χ3n) is 6.21. The van der Waals surface area contributed by atoms with E-state index in [-0.39, 0.29) is 29.1 Å². The molecule has 1 amide bonds. The standard InChI is InChI=1S/C29H21F3N6O2/c1-18-3-4-21(12-20(18)5-6-23-14-35-27-15-34-7-8-38(23)27)26(39)11-19-9-22(29(30,31)32)13-24(10-19)37-16-25(36-17-37)28(40)33-2/h3-4,7-10,12-17H,11H2,1-2H3,(H,33,40). The number of benzene rings is 2. The van der Waals surface area contributed by atoms with E-state index in [0.717, 1.165) is 17.7 Å². The van der Waals surface area contributed by atoms with Crippen LogP contribution in [0.4, 0.5) is 13.2 Å². The van der Waals surface area contributed by atoms with Gasteiger partial charge in [0.15, 0.2) is 11.4 Å². The average Bonchev–Trinajstić information content (AvgIpc) is 3.59. The number of imidazole rings is 2. The SMILES string of the molecule is CNC(=O)c1cn(-c2cc(CC(=O)c3ccc(C)c(C#Cc4cnc5cnccn45)c3)cc(C(F)(F)F)c2)cn1. The van der Waals surface area contributed by atoms with E-state index in [4.69, 9.17) is 0 Å². The Hall–Kier alpha value is -5.24. The molecule has 3 aromatic heterocycles. The first-order chi connectivity index (χ1) is 19.1. The minimum atomic E-state index is -4.64. The van der Waals surface area contributed by atoms with Crippen molar-refractivity contribution in [1.82, 2.24) is 29.2 Å². The number of rotatable bonds is 5. The molecule has 8 nitrogen and oxygen atoms in total. The Balaban J connectivity index is 1.44. The highest BCUT2D eigenvalue weighted by Gasteiger charge is 2.31. The minimum absolute atomic E-state index is 0.0476. The molecular weight excluding hydrogens is 521 g/mol. The molecule has 5 rings (SSSR count). The lowest BCUT2D eigenvalue weighted by Crippen LogP contribution is -2.18. The van der Waals surface area contributed by atoms with Crippen molar-refractivity contribution in [2.45, 2.75) is 19.5 Å². The molecule has 200 valence electrons. The molecule has 0 aliphatic carbocycles. The summed E-state index contributed by atoms with van der Waals surface area (Å²) < 4.78 is 44.2. The van der Waals surface area contributed by atoms with Crippen molar-refractivity contribution >= 4 is 17.3 Å². The fraction of sp³-hybridized carbons (Fsp3) is 0.138. The van der Waals surface area contributed by atoms with Crippen LogP contribution < -0.4 is 5.32 Å². The predicted octanol–water partition coefficient (Wildman–Crippen LogP) is 4.43. The van der Waals surface area contributed by atoms with Gasteiger partial charge in [0.2, 0.25) is 0 Å². The maximum Gasteiger partial charge on any atom is 0.416 e. The Bertz CT molecular complexity index is 1820. The highest BCUT2D eigenvalue weighted by Crippen LogP contribution is 2.32. The third kappa shape index (κ3) is 5.47. The molecule has 40 heavy (non-hydrogen) atoms. The van der Waals surface area contributed by atoms with Crippen molar-refractivity contribution in [3.63, 3.8) is 0 Å². The molecular formula is C29H21F3N6O2. The smallest absolute Gasteiger partial charge is 0.354 e. The molecule has 2 aromatic carbocycles. The van der Waals surface area contributed by atoms with Gasteiger partial charge in [0.05, 0.1) is 18.0 Å². The first-order valence-electron chi connectivity index (χ1n) is 12.0. The summed E-state index contributed by atoms with van der Waals surface area (Å²) in [7, 11) is 1.43. The molecule has 0 saturated carbocycles. The second-order valence-electron chi connectivity index (χ2n) is 8.96. The quantitative estimate of drug-likeness (QED) is 0.262. The van der Waals surface area contributed by atoms with Gasteiger partial charge in [-0.1, -0.05) is 18.1 Å². The zero-order chi connectivity index (χ0) is 28.4. The number of nitrogens with one attached hydrogen (secondary N) is 1. The van der Waals surface area contributed by atoms with Gasteiger partial charge in [-0.05, 0) is 48.2 Å². The molecule has 0 unspecified atom stereocenters. The first-order valence-corrected chi connectivity index (χ1v) is 12.0. The lowest BCUT2D eigenvalue weighted by molar-refractivity contribution is -0.137. The van der Waals surface area contributed by atoms with Gasteiger partial charge in [-0.3, -0.25) is 19.0 Å². The van der Waals surface area contributed by atoms with E-state index in [2.05, 4.69) is 32.1 Å². The molecule has 5 aromatic rings. The number of ketones is 1. The van der Waals surface area contributed by atoms with Crippen LogP contribution in [-0.4, -0.2) is 42.7 Å². The Morgan fingerprint density at radius 3 is 2.65 bits per heavy atom. The van der Waals surface area contributed by atoms with E-state index >= 15 is 0 Å². The van der Waals surface area contributed by atoms with Gasteiger partial charge in [-0.25, -0.2) is 9.97 Å². The first kappa shape index (κ1) is 26.4. The van der Waals surface area contributed by atoms with E-state index < -0.39 is 17.6 Å². The highest BCUT2D eigenvalue weighted by atomic mass is 19.4. The second kappa shape index (κ2) is 10.5. The largest absolute Gasteiger partial charge is 0.416 e. The molecule has 0 bridgehead atoms. The average molecular weight is 543 g/mol. The number of alkyl halides is 3. The van der Waals surface area contributed by atoms with Crippen molar-refractivity contribution in [3.05, 3.63) is 113 Å². The number of hydrogen-bond donors (Lipinski definition) is 1. The van der Waals surface area contributed by atoms with Crippen LogP contribution >= 0.6 is 0 Å². The molecule has 1 N–H and O–H groups in total. The van der Waals surface area contributed by atoms with E-state index in [1.807, 2.05) is 6.92 Å². The number of nitrogens with zero attached hydrogens (tertiary/aromatic N) is 5. The zero-order valence-corrected chi connectivity index (χ0v) is 21.3. The zero-order valence-electron chi connectivity index (χ0n) is 21.3. The van der Waals surface area contributed by atoms with Gasteiger partial charge >= 0.3 is 6.18 Å². The summed E-state index contributed by atoms with van der Waals surface area (Å²) in [5, 5.41) is 2.41. The highest BCUT2D eigenvalue weighted by molar-refractivity contribution is 5.98. The molecule has 3 heterocycles. The van der Waals surface area contributed by atoms with Crippen LogP contribution in [0.15, 0.2) is 73.7 Å². The molecule has 0 aliphatic heterocycles. The van der Waals surface area contributed by atoms with Crippen LogP contribution in [0.25, 0.3) is 11.3 Å². The van der Waals surface area contributed by atoms with Crippen molar-refractivity contribution in [2.24, 2.45) is 0 Å². The van der Waals surface area contributed by atoms with Crippen molar-refractivity contribution in [1.29, 1.82) is 0 Å². The Morgan fingerprint density at radius 1 is 1.05 bits per heavy atom. The number of aromatic nitrogens is 5. The summed E-state index contributed by atoms with van der Waals surface area (Å²) in [6.45, 7) is 1.86. The maximum atomic E-state index is 13.7. The molecule has 11 heteroatoms. The van der Waals surface area contributed by atoms with Crippen LogP contribution in [0, 0.1) is 18.8 Å². The number of fused-ring (bicyclic) bond motifs is 1. The van der Waals surface area contributed by atoms with Crippen molar-refractivity contribution in [2.75, 3.05) is 7.05 Å². The summed E-state index contributed by atoms with van der Waals surface area (Å²) in [5.74, 6) is 5.28. The number of carbonyl (C=O) groups is 2. The third-order valence-corrected chi connectivity index (χ3v) is 6.21. The van der Waals surface area contributed by atoms with Crippen LogP contribution in [0.3, 0.4) is 0 Å². The monoisotopic (exact) mass is 542 g/mol. The number of Topliss-reactive ketones (excluding diaryl/α,β-unsaturated/α-hetero) is 1. The van der Waals surface area contributed by atoms with Gasteiger partial charge < -0.3 is 9.88 Å². The summed E-state index contributed by atoms with van der Waals surface area (Å²) in [5.41, 5.74) is 2.48. The van der Waals surface area contributed by atoms with Gasteiger partial charge in [0, 0.05) is 48.9 Å². The number of amides is 1. The van der Waals surface area contributed by atoms with E-state index in [0.29, 0.717) is 22.5 Å². The molecule has 0 spiro atoms. The Labute approximate surface area is 226 Å². The van der Waals surface area contributed by atoms with Crippen molar-refractivity contribution in [3.8, 4) is 17.5 Å². The topological polar surface area (TPSA) is 94.2 Å². The maximum absolute atomic E-state index is 13.7. The van der Waals surface area contributed by atoms with E-state index in [1.54, 1.807) is 47.4 Å². The lowest BCUT2D eigenvalue weighted by Gasteiger charge is -2.13. The summed E-state index contributed by atoms with van der Waals surface area (Å²) >= 11 is 0. The Kier molecular flexibility index (Phi) is 6.92. The van der Waals surface area contributed by atoms with Crippen LogP contribution in [0.2, 0.25) is 0 Å². The predicted molar refractivity (Wildman–Crippen MR) is 140 cm³/mol. The normalized spacial score (nSPS) is 11.2. The van der Waals surface area contributed by atoms with Crippen LogP contribution in [-0.2, 0) is 12.6 Å². The molecule has 0 aliphatic rings. The van der Waals surface area contributed by atoms with Gasteiger partial charge in [-0.15, -0.1) is 0 Å². The van der Waals surface area contributed by atoms with Crippen LogP contribution in [0.5, 0.6) is 0 Å². The van der Waals surface area contributed by atoms with Gasteiger partial charge in [0.1, 0.15) is 17.7 Å². The molecule has 0 atom stereocenters. The van der Waals surface area contributed by atoms with Crippen LogP contribution in [0.1, 0.15) is 48.8 Å². The van der Waals surface area contributed by atoms with E-state index in [9.17, 15) is 22.8 Å². The fourth-order valence-corrected chi connectivity index (χ4v) is 4.08. The number of aryl methyl sites for hydroxylation is 1. The molecule has 0 fully saturated rings. The Morgan fingerprint density at radius 2 is 1.88 bits per heavy atom. The number of hydrogen-bond acceptors (Lipinski definition) is 5. The lowest BCUT2D eigenvalue weighted by atomic mass is 9.97. The summed E-state index contributed by atoms with van der Waals surface area (Å²) in [4.78, 5) is 37.3. The number of carbonyl (C=O) groups excluding carboxylic acids is 2.